The topological polar surface area (TPSA) is 0 Å². The van der Waals surface area contributed by atoms with Gasteiger partial charge in [0.25, 0.3) is 0 Å². The van der Waals surface area contributed by atoms with Crippen molar-refractivity contribution in [2.45, 2.75) is 0 Å². The largest absolute Gasteiger partial charge is 0.0622 e. The fraction of sp³-hybridized carbons (Fsp3) is 0. The zero-order valence-corrected chi connectivity index (χ0v) is 30.8. The van der Waals surface area contributed by atoms with Gasteiger partial charge in [-0.1, -0.05) is 212 Å². The maximum absolute atomic E-state index is 2.37. The van der Waals surface area contributed by atoms with E-state index in [9.17, 15) is 0 Å². The molecule has 0 atom stereocenters. The van der Waals surface area contributed by atoms with E-state index in [4.69, 9.17) is 0 Å². The number of fused-ring (bicyclic) bond motifs is 5. The standard InChI is InChI=1S/C56H36/c1-2-15-39(16-3-1)44-26-12-18-40-19-13-27-48(54(40)44)47-34-35-53(46-21-7-6-20-45(46)47)56-51-24-10-8-22-49(51)55(50-23-9-11-25-52(50)56)41-31-28-38(29-32-41)43-33-30-37-14-4-5-17-42(37)36-43/h1-36H. The van der Waals surface area contributed by atoms with Crippen LogP contribution in [0.1, 0.15) is 0 Å². The summed E-state index contributed by atoms with van der Waals surface area (Å²) in [5.41, 5.74) is 12.5. The van der Waals surface area contributed by atoms with Crippen LogP contribution in [0.15, 0.2) is 218 Å². The molecule has 11 aromatic rings. The molecule has 0 N–H and O–H groups in total. The average Bonchev–Trinajstić information content (AvgIpc) is 3.28. The van der Waals surface area contributed by atoms with Crippen LogP contribution < -0.4 is 0 Å². The Hall–Kier alpha value is -7.28. The lowest BCUT2D eigenvalue weighted by Gasteiger charge is -2.20. The molecule has 0 aliphatic carbocycles. The van der Waals surface area contributed by atoms with Gasteiger partial charge in [-0.05, 0) is 116 Å². The van der Waals surface area contributed by atoms with Crippen LogP contribution in [0.4, 0.5) is 0 Å². The Labute approximate surface area is 326 Å². The highest BCUT2D eigenvalue weighted by Gasteiger charge is 2.20. The normalized spacial score (nSPS) is 11.6. The van der Waals surface area contributed by atoms with Crippen molar-refractivity contribution in [1.29, 1.82) is 0 Å². The number of rotatable bonds is 5. The third kappa shape index (κ3) is 5.22. The van der Waals surface area contributed by atoms with Gasteiger partial charge in [-0.25, -0.2) is 0 Å². The number of hydrogen-bond acceptors (Lipinski definition) is 0. The summed E-state index contributed by atoms with van der Waals surface area (Å²) in [4.78, 5) is 0. The first-order valence-electron chi connectivity index (χ1n) is 19.4. The van der Waals surface area contributed by atoms with E-state index >= 15 is 0 Å². The number of hydrogen-bond donors (Lipinski definition) is 0. The van der Waals surface area contributed by atoms with Gasteiger partial charge >= 0.3 is 0 Å². The van der Waals surface area contributed by atoms with Crippen LogP contribution in [0.2, 0.25) is 0 Å². The minimum Gasteiger partial charge on any atom is -0.0622 e. The van der Waals surface area contributed by atoms with E-state index in [0.717, 1.165) is 0 Å². The van der Waals surface area contributed by atoms with E-state index < -0.39 is 0 Å². The maximum Gasteiger partial charge on any atom is -0.00201 e. The molecule has 0 aliphatic heterocycles. The quantitative estimate of drug-likeness (QED) is 0.156. The maximum atomic E-state index is 2.37. The van der Waals surface area contributed by atoms with Gasteiger partial charge in [-0.15, -0.1) is 0 Å². The van der Waals surface area contributed by atoms with E-state index in [-0.39, 0.29) is 0 Å². The zero-order valence-electron chi connectivity index (χ0n) is 30.8. The van der Waals surface area contributed by atoms with Gasteiger partial charge in [0.05, 0.1) is 0 Å². The molecular formula is C56H36. The van der Waals surface area contributed by atoms with Crippen LogP contribution in [-0.2, 0) is 0 Å². The van der Waals surface area contributed by atoms with Crippen LogP contribution in [0, 0.1) is 0 Å². The molecule has 0 aromatic heterocycles. The molecule has 0 bridgehead atoms. The second kappa shape index (κ2) is 13.2. The Morgan fingerprint density at radius 1 is 0.196 bits per heavy atom. The Balaban J connectivity index is 1.11. The van der Waals surface area contributed by atoms with Gasteiger partial charge in [0.1, 0.15) is 0 Å². The Bertz CT molecular complexity index is 3220. The molecule has 260 valence electrons. The lowest BCUT2D eigenvalue weighted by molar-refractivity contribution is 1.63. The summed E-state index contributed by atoms with van der Waals surface area (Å²) in [7, 11) is 0. The van der Waals surface area contributed by atoms with Crippen LogP contribution in [0.25, 0.3) is 109 Å². The predicted octanol–water partition coefficient (Wildman–Crippen LogP) is 15.8. The van der Waals surface area contributed by atoms with Crippen LogP contribution in [0.5, 0.6) is 0 Å². The lowest BCUT2D eigenvalue weighted by atomic mass is 9.83. The second-order valence-electron chi connectivity index (χ2n) is 14.8. The predicted molar refractivity (Wildman–Crippen MR) is 241 cm³/mol. The molecule has 0 heteroatoms. The van der Waals surface area contributed by atoms with E-state index in [0.29, 0.717) is 0 Å². The highest BCUT2D eigenvalue weighted by molar-refractivity contribution is 6.24. The molecule has 0 spiro atoms. The van der Waals surface area contributed by atoms with E-state index in [1.165, 1.54) is 109 Å². The van der Waals surface area contributed by atoms with E-state index in [1.54, 1.807) is 0 Å². The fourth-order valence-corrected chi connectivity index (χ4v) is 9.10. The van der Waals surface area contributed by atoms with Gasteiger partial charge < -0.3 is 0 Å². The van der Waals surface area contributed by atoms with Crippen molar-refractivity contribution < 1.29 is 0 Å². The van der Waals surface area contributed by atoms with Gasteiger partial charge in [0, 0.05) is 0 Å². The lowest BCUT2D eigenvalue weighted by Crippen LogP contribution is -1.93. The zero-order chi connectivity index (χ0) is 37.0. The Morgan fingerprint density at radius 2 is 0.679 bits per heavy atom. The highest BCUT2D eigenvalue weighted by Crippen LogP contribution is 2.47. The summed E-state index contributed by atoms with van der Waals surface area (Å²) in [5, 5.41) is 12.6. The first-order chi connectivity index (χ1) is 27.8. The smallest absolute Gasteiger partial charge is 0.00201 e. The van der Waals surface area contributed by atoms with Gasteiger partial charge in [-0.2, -0.15) is 0 Å². The molecule has 0 amide bonds. The highest BCUT2D eigenvalue weighted by atomic mass is 14.2. The molecule has 0 unspecified atom stereocenters. The molecule has 11 aromatic carbocycles. The second-order valence-corrected chi connectivity index (χ2v) is 14.8. The van der Waals surface area contributed by atoms with E-state index in [1.807, 2.05) is 0 Å². The van der Waals surface area contributed by atoms with Crippen molar-refractivity contribution in [1.82, 2.24) is 0 Å². The summed E-state index contributed by atoms with van der Waals surface area (Å²) in [5.74, 6) is 0. The molecular weight excluding hydrogens is 673 g/mol. The molecule has 56 heavy (non-hydrogen) atoms. The third-order valence-corrected chi connectivity index (χ3v) is 11.7. The summed E-state index contributed by atoms with van der Waals surface area (Å²) < 4.78 is 0. The summed E-state index contributed by atoms with van der Waals surface area (Å²) >= 11 is 0. The van der Waals surface area contributed by atoms with Gasteiger partial charge in [0.15, 0.2) is 0 Å². The minimum absolute atomic E-state index is 1.22. The van der Waals surface area contributed by atoms with Crippen molar-refractivity contribution in [3.05, 3.63) is 218 Å². The van der Waals surface area contributed by atoms with Crippen LogP contribution in [0.3, 0.4) is 0 Å². The molecule has 0 radical (unpaired) electrons. The van der Waals surface area contributed by atoms with Crippen molar-refractivity contribution in [3.8, 4) is 55.6 Å². The monoisotopic (exact) mass is 708 g/mol. The minimum atomic E-state index is 1.22. The van der Waals surface area contributed by atoms with Crippen molar-refractivity contribution in [2.24, 2.45) is 0 Å². The SMILES string of the molecule is c1ccc(-c2cccc3cccc(-c4ccc(-c5c6ccccc6c(-c6ccc(-c7ccc8ccccc8c7)cc6)c6ccccc56)c5ccccc45)c23)cc1. The van der Waals surface area contributed by atoms with Crippen LogP contribution >= 0.6 is 0 Å². The van der Waals surface area contributed by atoms with Crippen molar-refractivity contribution in [2.75, 3.05) is 0 Å². The Morgan fingerprint density at radius 3 is 1.36 bits per heavy atom. The number of benzene rings is 11. The van der Waals surface area contributed by atoms with E-state index in [2.05, 4.69) is 218 Å². The molecule has 0 heterocycles. The molecule has 0 fully saturated rings. The summed E-state index contributed by atoms with van der Waals surface area (Å²) in [6, 6.07) is 80.3. The molecule has 0 saturated carbocycles. The van der Waals surface area contributed by atoms with Gasteiger partial charge in [0.2, 0.25) is 0 Å². The van der Waals surface area contributed by atoms with Gasteiger partial charge in [-0.3, -0.25) is 0 Å². The Kier molecular flexibility index (Phi) is 7.60. The molecule has 0 aliphatic rings. The van der Waals surface area contributed by atoms with Crippen molar-refractivity contribution >= 4 is 53.9 Å². The summed E-state index contributed by atoms with van der Waals surface area (Å²) in [6.07, 6.45) is 0. The molecule has 0 saturated heterocycles. The average molecular weight is 709 g/mol. The summed E-state index contributed by atoms with van der Waals surface area (Å²) in [6.45, 7) is 0. The first-order valence-corrected chi connectivity index (χ1v) is 19.4. The molecule has 11 rings (SSSR count). The van der Waals surface area contributed by atoms with Crippen LogP contribution in [-0.4, -0.2) is 0 Å². The first kappa shape index (κ1) is 32.2. The fourth-order valence-electron chi connectivity index (χ4n) is 9.10. The third-order valence-electron chi connectivity index (χ3n) is 11.7. The van der Waals surface area contributed by atoms with Crippen molar-refractivity contribution in [3.63, 3.8) is 0 Å². The molecule has 0 nitrogen and oxygen atoms in total.